The standard InChI is InChI=1S/C23H24N4O3S/c1-30-18-9-7-16(8-10-18)15-24-21(28)22-26-19-11-13-27(14-12-20(19)31-22)23(29)25-17-5-3-2-4-6-17/h2-10H,11-15H2,1H3,(H,24,28)(H,25,29). The number of carbonyl (C=O) groups is 2. The molecule has 0 atom stereocenters. The van der Waals surface area contributed by atoms with E-state index >= 15 is 0 Å². The first-order valence-corrected chi connectivity index (χ1v) is 10.9. The number of ether oxygens (including phenoxy) is 1. The lowest BCUT2D eigenvalue weighted by molar-refractivity contribution is 0.0950. The highest BCUT2D eigenvalue weighted by atomic mass is 32.1. The van der Waals surface area contributed by atoms with E-state index in [1.54, 1.807) is 12.0 Å². The zero-order chi connectivity index (χ0) is 21.6. The molecule has 1 aromatic heterocycles. The number of carbonyl (C=O) groups excluding carboxylic acids is 2. The number of thiazole rings is 1. The third-order valence-electron chi connectivity index (χ3n) is 5.12. The monoisotopic (exact) mass is 436 g/mol. The molecule has 8 heteroatoms. The minimum absolute atomic E-state index is 0.112. The van der Waals surface area contributed by atoms with E-state index in [1.807, 2.05) is 54.6 Å². The van der Waals surface area contributed by atoms with Gasteiger partial charge >= 0.3 is 6.03 Å². The minimum Gasteiger partial charge on any atom is -0.497 e. The molecule has 0 spiro atoms. The Morgan fingerprint density at radius 3 is 2.55 bits per heavy atom. The molecule has 7 nitrogen and oxygen atoms in total. The van der Waals surface area contributed by atoms with Gasteiger partial charge in [0.05, 0.1) is 12.8 Å². The summed E-state index contributed by atoms with van der Waals surface area (Å²) in [6.45, 7) is 1.60. The summed E-state index contributed by atoms with van der Waals surface area (Å²) in [7, 11) is 1.62. The fourth-order valence-electron chi connectivity index (χ4n) is 3.39. The normalized spacial score (nSPS) is 13.1. The average Bonchev–Trinajstić information content (AvgIpc) is 3.11. The SMILES string of the molecule is COc1ccc(CNC(=O)c2nc3c(s2)CCN(C(=O)Nc2ccccc2)CC3)cc1. The molecule has 3 amide bonds. The minimum atomic E-state index is -0.174. The lowest BCUT2D eigenvalue weighted by atomic mass is 10.2. The molecule has 1 aliphatic heterocycles. The number of para-hydroxylation sites is 1. The molecule has 31 heavy (non-hydrogen) atoms. The van der Waals surface area contributed by atoms with Crippen molar-refractivity contribution in [2.75, 3.05) is 25.5 Å². The number of nitrogens with one attached hydrogen (secondary N) is 2. The zero-order valence-electron chi connectivity index (χ0n) is 17.3. The molecule has 2 aromatic carbocycles. The highest BCUT2D eigenvalue weighted by Gasteiger charge is 2.23. The van der Waals surface area contributed by atoms with Crippen LogP contribution in [0.1, 0.15) is 25.9 Å². The Hall–Kier alpha value is -3.39. The van der Waals surface area contributed by atoms with Gasteiger partial charge in [0.1, 0.15) is 5.75 Å². The van der Waals surface area contributed by atoms with Crippen molar-refractivity contribution >= 4 is 29.0 Å². The second-order valence-electron chi connectivity index (χ2n) is 7.20. The Balaban J connectivity index is 1.32. The average molecular weight is 437 g/mol. The summed E-state index contributed by atoms with van der Waals surface area (Å²) in [4.78, 5) is 32.5. The van der Waals surface area contributed by atoms with E-state index in [-0.39, 0.29) is 11.9 Å². The molecule has 0 saturated carbocycles. The van der Waals surface area contributed by atoms with Gasteiger partial charge in [-0.15, -0.1) is 11.3 Å². The maximum Gasteiger partial charge on any atom is 0.321 e. The van der Waals surface area contributed by atoms with Crippen LogP contribution in [0.3, 0.4) is 0 Å². The van der Waals surface area contributed by atoms with Gasteiger partial charge in [0.25, 0.3) is 5.91 Å². The van der Waals surface area contributed by atoms with Crippen molar-refractivity contribution < 1.29 is 14.3 Å². The topological polar surface area (TPSA) is 83.6 Å². The number of rotatable bonds is 5. The van der Waals surface area contributed by atoms with Gasteiger partial charge in [-0.3, -0.25) is 4.79 Å². The second kappa shape index (κ2) is 9.61. The highest BCUT2D eigenvalue weighted by Crippen LogP contribution is 2.23. The number of methoxy groups -OCH3 is 1. The van der Waals surface area contributed by atoms with E-state index in [4.69, 9.17) is 4.74 Å². The molecule has 0 fully saturated rings. The molecule has 0 radical (unpaired) electrons. The van der Waals surface area contributed by atoms with Gasteiger partial charge in [0, 0.05) is 43.0 Å². The maximum absolute atomic E-state index is 12.6. The van der Waals surface area contributed by atoms with E-state index in [9.17, 15) is 9.59 Å². The van der Waals surface area contributed by atoms with Crippen molar-refractivity contribution in [3.8, 4) is 5.75 Å². The second-order valence-corrected chi connectivity index (χ2v) is 8.29. The lowest BCUT2D eigenvalue weighted by Crippen LogP contribution is -2.36. The number of nitrogens with zero attached hydrogens (tertiary/aromatic N) is 2. The molecule has 0 saturated heterocycles. The Labute approximate surface area is 185 Å². The van der Waals surface area contributed by atoms with Crippen LogP contribution in [0.25, 0.3) is 0 Å². The highest BCUT2D eigenvalue weighted by molar-refractivity contribution is 7.13. The van der Waals surface area contributed by atoms with Crippen molar-refractivity contribution in [2.45, 2.75) is 19.4 Å². The van der Waals surface area contributed by atoms with Crippen LogP contribution in [0.15, 0.2) is 54.6 Å². The van der Waals surface area contributed by atoms with E-state index in [1.165, 1.54) is 11.3 Å². The van der Waals surface area contributed by atoms with Crippen LogP contribution in [-0.4, -0.2) is 42.0 Å². The van der Waals surface area contributed by atoms with Crippen LogP contribution in [0.4, 0.5) is 10.5 Å². The first-order chi connectivity index (χ1) is 15.1. The molecule has 0 unspecified atom stereocenters. The first kappa shape index (κ1) is 20.9. The third-order valence-corrected chi connectivity index (χ3v) is 6.28. The number of anilines is 1. The summed E-state index contributed by atoms with van der Waals surface area (Å²) in [5.41, 5.74) is 2.68. The van der Waals surface area contributed by atoms with Crippen LogP contribution in [0, 0.1) is 0 Å². The molecule has 160 valence electrons. The van der Waals surface area contributed by atoms with Gasteiger partial charge in [-0.25, -0.2) is 9.78 Å². The number of urea groups is 1. The van der Waals surface area contributed by atoms with E-state index < -0.39 is 0 Å². The van der Waals surface area contributed by atoms with Gasteiger partial charge in [0.15, 0.2) is 5.01 Å². The van der Waals surface area contributed by atoms with Crippen molar-refractivity contribution in [2.24, 2.45) is 0 Å². The molecule has 3 aromatic rings. The molecule has 2 heterocycles. The summed E-state index contributed by atoms with van der Waals surface area (Å²) in [5, 5.41) is 6.32. The van der Waals surface area contributed by atoms with Crippen LogP contribution in [0.5, 0.6) is 5.75 Å². The van der Waals surface area contributed by atoms with Crippen molar-refractivity contribution in [3.63, 3.8) is 0 Å². The van der Waals surface area contributed by atoms with Crippen LogP contribution < -0.4 is 15.4 Å². The summed E-state index contributed by atoms with van der Waals surface area (Å²) in [5.74, 6) is 0.609. The summed E-state index contributed by atoms with van der Waals surface area (Å²) >= 11 is 1.41. The first-order valence-electron chi connectivity index (χ1n) is 10.1. The van der Waals surface area contributed by atoms with Crippen molar-refractivity contribution in [1.82, 2.24) is 15.2 Å². The van der Waals surface area contributed by atoms with Gasteiger partial charge in [0.2, 0.25) is 0 Å². The number of hydrogen-bond acceptors (Lipinski definition) is 5. The Kier molecular flexibility index (Phi) is 6.47. The van der Waals surface area contributed by atoms with E-state index in [0.717, 1.165) is 27.6 Å². The lowest BCUT2D eigenvalue weighted by Gasteiger charge is -2.20. The Morgan fingerprint density at radius 1 is 1.06 bits per heavy atom. The summed E-state index contributed by atoms with van der Waals surface area (Å²) in [6, 6.07) is 16.9. The van der Waals surface area contributed by atoms with Gasteiger partial charge in [-0.2, -0.15) is 0 Å². The quantitative estimate of drug-likeness (QED) is 0.639. The number of fused-ring (bicyclic) bond motifs is 1. The molecule has 0 aliphatic carbocycles. The summed E-state index contributed by atoms with van der Waals surface area (Å²) < 4.78 is 5.15. The number of amides is 3. The predicted octanol–water partition coefficient (Wildman–Crippen LogP) is 3.71. The number of hydrogen-bond donors (Lipinski definition) is 2. The van der Waals surface area contributed by atoms with Crippen molar-refractivity contribution in [3.05, 3.63) is 75.7 Å². The smallest absolute Gasteiger partial charge is 0.321 e. The van der Waals surface area contributed by atoms with Crippen LogP contribution in [-0.2, 0) is 19.4 Å². The zero-order valence-corrected chi connectivity index (χ0v) is 18.1. The third kappa shape index (κ3) is 5.21. The van der Waals surface area contributed by atoms with E-state index in [0.29, 0.717) is 37.5 Å². The number of benzene rings is 2. The number of aromatic nitrogens is 1. The van der Waals surface area contributed by atoms with Gasteiger partial charge in [-0.1, -0.05) is 30.3 Å². The Morgan fingerprint density at radius 2 is 1.81 bits per heavy atom. The predicted molar refractivity (Wildman–Crippen MR) is 121 cm³/mol. The van der Waals surface area contributed by atoms with Crippen LogP contribution in [0.2, 0.25) is 0 Å². The maximum atomic E-state index is 12.6. The molecular weight excluding hydrogens is 412 g/mol. The van der Waals surface area contributed by atoms with Crippen molar-refractivity contribution in [1.29, 1.82) is 0 Å². The Bertz CT molecular complexity index is 1020. The largest absolute Gasteiger partial charge is 0.497 e. The van der Waals surface area contributed by atoms with E-state index in [2.05, 4.69) is 15.6 Å². The molecule has 4 rings (SSSR count). The molecule has 0 bridgehead atoms. The van der Waals surface area contributed by atoms with Gasteiger partial charge in [-0.05, 0) is 29.8 Å². The summed E-state index contributed by atoms with van der Waals surface area (Å²) in [6.07, 6.45) is 1.33. The molecule has 1 aliphatic rings. The van der Waals surface area contributed by atoms with Crippen LogP contribution >= 0.6 is 11.3 Å². The molecular formula is C23H24N4O3S. The fourth-order valence-corrected chi connectivity index (χ4v) is 4.40. The van der Waals surface area contributed by atoms with Gasteiger partial charge < -0.3 is 20.3 Å². The fraction of sp³-hybridized carbons (Fsp3) is 0.261. The molecule has 2 N–H and O–H groups in total.